The summed E-state index contributed by atoms with van der Waals surface area (Å²) >= 11 is 1.56. The molecule has 1 amide bonds. The molecule has 2 N–H and O–H groups in total. The van der Waals surface area contributed by atoms with Crippen molar-refractivity contribution in [3.63, 3.8) is 0 Å². The van der Waals surface area contributed by atoms with E-state index in [9.17, 15) is 9.59 Å². The standard InChI is InChI=1S/C19H18N2O3S/c1-24-19(23)17(21-18(22)7-6-13-8-9-25-12-13)10-14-11-20-16-5-3-2-4-15(14)16/h2-9,11-12,17,20H,10H2,1H3,(H,21,22)/b7-6+/t17-/m1/s1. The normalized spacial score (nSPS) is 12.4. The molecule has 0 unspecified atom stereocenters. The monoisotopic (exact) mass is 354 g/mol. The lowest BCUT2D eigenvalue weighted by Crippen LogP contribution is -2.42. The summed E-state index contributed by atoms with van der Waals surface area (Å²) in [5.41, 5.74) is 2.89. The molecule has 0 saturated heterocycles. The van der Waals surface area contributed by atoms with Crippen LogP contribution in [0.15, 0.2) is 53.4 Å². The van der Waals surface area contributed by atoms with E-state index < -0.39 is 12.0 Å². The average Bonchev–Trinajstić information content (AvgIpc) is 3.29. The highest BCUT2D eigenvalue weighted by Gasteiger charge is 2.22. The van der Waals surface area contributed by atoms with Gasteiger partial charge in [-0.1, -0.05) is 18.2 Å². The molecule has 3 rings (SSSR count). The van der Waals surface area contributed by atoms with Crippen molar-refractivity contribution in [1.82, 2.24) is 10.3 Å². The minimum absolute atomic E-state index is 0.332. The fraction of sp³-hybridized carbons (Fsp3) is 0.158. The van der Waals surface area contributed by atoms with E-state index in [0.717, 1.165) is 22.0 Å². The maximum atomic E-state index is 12.2. The summed E-state index contributed by atoms with van der Waals surface area (Å²) in [5, 5.41) is 7.62. The summed E-state index contributed by atoms with van der Waals surface area (Å²) in [6.45, 7) is 0. The minimum atomic E-state index is -0.746. The third-order valence-corrected chi connectivity index (χ3v) is 4.57. The average molecular weight is 354 g/mol. The van der Waals surface area contributed by atoms with E-state index in [4.69, 9.17) is 4.74 Å². The van der Waals surface area contributed by atoms with Gasteiger partial charge in [0.2, 0.25) is 5.91 Å². The molecule has 0 spiro atoms. The van der Waals surface area contributed by atoms with Crippen molar-refractivity contribution in [1.29, 1.82) is 0 Å². The first-order chi connectivity index (χ1) is 12.2. The number of hydrogen-bond donors (Lipinski definition) is 2. The van der Waals surface area contributed by atoms with Crippen LogP contribution in [-0.2, 0) is 20.7 Å². The molecular weight excluding hydrogens is 336 g/mol. The number of hydrogen-bond acceptors (Lipinski definition) is 4. The van der Waals surface area contributed by atoms with Gasteiger partial charge in [0.1, 0.15) is 6.04 Å². The first-order valence-corrected chi connectivity index (χ1v) is 8.75. The predicted molar refractivity (Wildman–Crippen MR) is 99.3 cm³/mol. The fourth-order valence-corrected chi connectivity index (χ4v) is 3.25. The van der Waals surface area contributed by atoms with E-state index >= 15 is 0 Å². The maximum absolute atomic E-state index is 12.2. The van der Waals surface area contributed by atoms with Gasteiger partial charge in [-0.3, -0.25) is 4.79 Å². The van der Waals surface area contributed by atoms with Crippen LogP contribution in [0.25, 0.3) is 17.0 Å². The van der Waals surface area contributed by atoms with E-state index in [1.54, 1.807) is 17.4 Å². The Morgan fingerprint density at radius 1 is 1.32 bits per heavy atom. The van der Waals surface area contributed by atoms with E-state index in [0.29, 0.717) is 6.42 Å². The van der Waals surface area contributed by atoms with Gasteiger partial charge in [0, 0.05) is 29.6 Å². The number of ether oxygens (including phenoxy) is 1. The third-order valence-electron chi connectivity index (χ3n) is 3.87. The number of fused-ring (bicyclic) bond motifs is 1. The first kappa shape index (κ1) is 17.0. The zero-order valence-electron chi connectivity index (χ0n) is 13.7. The molecule has 0 aliphatic rings. The predicted octanol–water partition coefficient (Wildman–Crippen LogP) is 3.14. The zero-order valence-corrected chi connectivity index (χ0v) is 14.5. The largest absolute Gasteiger partial charge is 0.467 e. The Kier molecular flexibility index (Phi) is 5.30. The van der Waals surface area contributed by atoms with Gasteiger partial charge >= 0.3 is 5.97 Å². The molecule has 2 heterocycles. The number of rotatable bonds is 6. The Morgan fingerprint density at radius 3 is 2.92 bits per heavy atom. The van der Waals surface area contributed by atoms with Gasteiger partial charge in [-0.05, 0) is 40.1 Å². The van der Waals surface area contributed by atoms with Crippen LogP contribution in [0, 0.1) is 0 Å². The quantitative estimate of drug-likeness (QED) is 0.528. The lowest BCUT2D eigenvalue weighted by molar-refractivity contribution is -0.144. The highest BCUT2D eigenvalue weighted by molar-refractivity contribution is 7.08. The van der Waals surface area contributed by atoms with Crippen molar-refractivity contribution < 1.29 is 14.3 Å². The van der Waals surface area contributed by atoms with Gasteiger partial charge in [0.25, 0.3) is 0 Å². The molecule has 2 aromatic heterocycles. The molecular formula is C19H18N2O3S. The van der Waals surface area contributed by atoms with Crippen molar-refractivity contribution in [3.05, 3.63) is 64.5 Å². The van der Waals surface area contributed by atoms with Crippen LogP contribution in [0.5, 0.6) is 0 Å². The molecule has 1 atom stereocenters. The fourth-order valence-electron chi connectivity index (χ4n) is 2.62. The van der Waals surface area contributed by atoms with Crippen LogP contribution in [0.3, 0.4) is 0 Å². The summed E-state index contributed by atoms with van der Waals surface area (Å²) in [5.74, 6) is -0.802. The summed E-state index contributed by atoms with van der Waals surface area (Å²) in [6, 6.07) is 9.00. The topological polar surface area (TPSA) is 71.2 Å². The summed E-state index contributed by atoms with van der Waals surface area (Å²) in [7, 11) is 1.32. The first-order valence-electron chi connectivity index (χ1n) is 7.81. The van der Waals surface area contributed by atoms with E-state index in [-0.39, 0.29) is 5.91 Å². The second-order valence-corrected chi connectivity index (χ2v) is 6.32. The van der Waals surface area contributed by atoms with Crippen LogP contribution < -0.4 is 5.32 Å². The Hall–Kier alpha value is -2.86. The van der Waals surface area contributed by atoms with Gasteiger partial charge in [-0.2, -0.15) is 11.3 Å². The summed E-state index contributed by atoms with van der Waals surface area (Å²) < 4.78 is 4.84. The number of carbonyl (C=O) groups excluding carboxylic acids is 2. The molecule has 25 heavy (non-hydrogen) atoms. The molecule has 3 aromatic rings. The number of amides is 1. The van der Waals surface area contributed by atoms with Crippen molar-refractivity contribution in [3.8, 4) is 0 Å². The number of nitrogens with one attached hydrogen (secondary N) is 2. The van der Waals surface area contributed by atoms with Crippen molar-refractivity contribution in [2.45, 2.75) is 12.5 Å². The van der Waals surface area contributed by atoms with E-state index in [1.807, 2.05) is 47.3 Å². The van der Waals surface area contributed by atoms with Gasteiger partial charge in [-0.25, -0.2) is 4.79 Å². The summed E-state index contributed by atoms with van der Waals surface area (Å²) in [4.78, 5) is 27.4. The lowest BCUT2D eigenvalue weighted by atomic mass is 10.0. The molecule has 0 saturated carbocycles. The van der Waals surface area contributed by atoms with Crippen LogP contribution in [0.2, 0.25) is 0 Å². The van der Waals surface area contributed by atoms with Gasteiger partial charge in [0.15, 0.2) is 0 Å². The minimum Gasteiger partial charge on any atom is -0.467 e. The number of carbonyl (C=O) groups is 2. The van der Waals surface area contributed by atoms with E-state index in [2.05, 4.69) is 10.3 Å². The molecule has 6 heteroatoms. The van der Waals surface area contributed by atoms with Gasteiger partial charge < -0.3 is 15.0 Å². The highest BCUT2D eigenvalue weighted by Crippen LogP contribution is 2.19. The second kappa shape index (κ2) is 7.81. The Balaban J connectivity index is 1.73. The van der Waals surface area contributed by atoms with Gasteiger partial charge in [-0.15, -0.1) is 0 Å². The molecule has 0 aliphatic carbocycles. The van der Waals surface area contributed by atoms with Crippen LogP contribution in [-0.4, -0.2) is 30.0 Å². The second-order valence-electron chi connectivity index (χ2n) is 5.54. The molecule has 5 nitrogen and oxygen atoms in total. The molecule has 1 aromatic carbocycles. The Bertz CT molecular complexity index is 896. The van der Waals surface area contributed by atoms with Crippen LogP contribution >= 0.6 is 11.3 Å². The number of para-hydroxylation sites is 1. The van der Waals surface area contributed by atoms with Gasteiger partial charge in [0.05, 0.1) is 7.11 Å². The molecule has 0 radical (unpaired) electrons. The SMILES string of the molecule is COC(=O)[C@@H](Cc1c[nH]c2ccccc12)NC(=O)/C=C/c1ccsc1. The molecule has 0 aliphatic heterocycles. The van der Waals surface area contributed by atoms with Crippen molar-refractivity contribution in [2.75, 3.05) is 7.11 Å². The number of aromatic nitrogens is 1. The third kappa shape index (κ3) is 4.16. The number of methoxy groups -OCH3 is 1. The van der Waals surface area contributed by atoms with Crippen LogP contribution in [0.4, 0.5) is 0 Å². The highest BCUT2D eigenvalue weighted by atomic mass is 32.1. The number of benzene rings is 1. The van der Waals surface area contributed by atoms with Crippen LogP contribution in [0.1, 0.15) is 11.1 Å². The number of esters is 1. The zero-order chi connectivity index (χ0) is 17.6. The maximum Gasteiger partial charge on any atom is 0.328 e. The Labute approximate surface area is 149 Å². The van der Waals surface area contributed by atoms with Crippen molar-refractivity contribution in [2.24, 2.45) is 0 Å². The molecule has 0 fully saturated rings. The number of aromatic amines is 1. The summed E-state index contributed by atoms with van der Waals surface area (Å²) in [6.07, 6.45) is 5.35. The van der Waals surface area contributed by atoms with E-state index in [1.165, 1.54) is 13.2 Å². The number of H-pyrrole nitrogens is 1. The smallest absolute Gasteiger partial charge is 0.328 e. The Morgan fingerprint density at radius 2 is 2.16 bits per heavy atom. The molecule has 0 bridgehead atoms. The van der Waals surface area contributed by atoms with Crippen molar-refractivity contribution >= 4 is 40.2 Å². The lowest BCUT2D eigenvalue weighted by Gasteiger charge is -2.15. The molecule has 128 valence electrons. The number of thiophene rings is 1.